The number of benzene rings is 2. The minimum atomic E-state index is -0.197. The van der Waals surface area contributed by atoms with Crippen LogP contribution in [0.1, 0.15) is 43.3 Å². The second-order valence-corrected chi connectivity index (χ2v) is 7.85. The minimum absolute atomic E-state index is 0.139. The Labute approximate surface area is 170 Å². The van der Waals surface area contributed by atoms with Gasteiger partial charge in [0.25, 0.3) is 0 Å². The Bertz CT molecular complexity index is 962. The largest absolute Gasteiger partial charge is 0.289 e. The van der Waals surface area contributed by atoms with Crippen molar-refractivity contribution in [1.82, 2.24) is 25.1 Å². The van der Waals surface area contributed by atoms with Crippen molar-refractivity contribution in [2.45, 2.75) is 32.9 Å². The lowest BCUT2D eigenvalue weighted by Crippen LogP contribution is -2.37. The first-order valence-electron chi connectivity index (χ1n) is 10.1. The molecule has 2 aromatic carbocycles. The Balaban J connectivity index is 1.54. The average Bonchev–Trinajstić information content (AvgIpc) is 3.17. The Morgan fingerprint density at radius 1 is 1.03 bits per heavy atom. The zero-order valence-electron chi connectivity index (χ0n) is 16.9. The molecular weight excluding hydrogens is 365 g/mol. The Kier molecular flexibility index (Phi) is 5.81. The van der Waals surface area contributed by atoms with Crippen LogP contribution in [0.4, 0.5) is 4.39 Å². The van der Waals surface area contributed by atoms with Crippen LogP contribution < -0.4 is 0 Å². The lowest BCUT2D eigenvalue weighted by atomic mass is 9.95. The summed E-state index contributed by atoms with van der Waals surface area (Å²) in [4.78, 5) is 2.44. The van der Waals surface area contributed by atoms with Gasteiger partial charge < -0.3 is 0 Å². The highest BCUT2D eigenvalue weighted by atomic mass is 19.1. The number of aromatic nitrogens is 4. The molecule has 1 unspecified atom stereocenters. The summed E-state index contributed by atoms with van der Waals surface area (Å²) < 4.78 is 15.1. The van der Waals surface area contributed by atoms with E-state index in [1.54, 1.807) is 0 Å². The van der Waals surface area contributed by atoms with Crippen molar-refractivity contribution >= 4 is 5.57 Å². The third-order valence-electron chi connectivity index (χ3n) is 5.48. The second-order valence-electron chi connectivity index (χ2n) is 7.85. The van der Waals surface area contributed by atoms with Gasteiger partial charge in [-0.3, -0.25) is 4.90 Å². The molecule has 150 valence electrons. The van der Waals surface area contributed by atoms with Crippen molar-refractivity contribution < 1.29 is 4.39 Å². The highest BCUT2D eigenvalue weighted by Crippen LogP contribution is 2.32. The first kappa shape index (κ1) is 19.5. The molecule has 5 nitrogen and oxygen atoms in total. The van der Waals surface area contributed by atoms with Gasteiger partial charge in [0.15, 0.2) is 5.82 Å². The van der Waals surface area contributed by atoms with Crippen LogP contribution in [0.25, 0.3) is 5.57 Å². The smallest absolute Gasteiger partial charge is 0.169 e. The van der Waals surface area contributed by atoms with Gasteiger partial charge in [0.1, 0.15) is 5.82 Å². The number of halogens is 1. The van der Waals surface area contributed by atoms with Gasteiger partial charge in [-0.2, -0.15) is 0 Å². The van der Waals surface area contributed by atoms with E-state index in [1.807, 2.05) is 35.0 Å². The number of hydrogen-bond donors (Lipinski definition) is 0. The van der Waals surface area contributed by atoms with Crippen molar-refractivity contribution in [2.24, 2.45) is 5.92 Å². The van der Waals surface area contributed by atoms with Crippen LogP contribution in [0, 0.1) is 11.7 Å². The molecule has 0 amide bonds. The summed E-state index contributed by atoms with van der Waals surface area (Å²) in [6.07, 6.45) is 3.17. The first-order valence-corrected chi connectivity index (χ1v) is 10.1. The van der Waals surface area contributed by atoms with Gasteiger partial charge in [0.05, 0.1) is 12.6 Å². The molecule has 0 radical (unpaired) electrons. The van der Waals surface area contributed by atoms with Crippen molar-refractivity contribution in [3.63, 3.8) is 0 Å². The molecule has 1 atom stereocenters. The van der Waals surface area contributed by atoms with Crippen LogP contribution in [0.3, 0.4) is 0 Å². The van der Waals surface area contributed by atoms with Crippen molar-refractivity contribution in [2.75, 3.05) is 13.1 Å². The molecule has 0 spiro atoms. The van der Waals surface area contributed by atoms with E-state index >= 15 is 0 Å². The summed E-state index contributed by atoms with van der Waals surface area (Å²) >= 11 is 0. The fraction of sp³-hybridized carbons (Fsp3) is 0.348. The van der Waals surface area contributed by atoms with Crippen molar-refractivity contribution in [1.29, 1.82) is 0 Å². The van der Waals surface area contributed by atoms with Crippen LogP contribution in [0.15, 0.2) is 60.7 Å². The van der Waals surface area contributed by atoms with Crippen molar-refractivity contribution in [3.8, 4) is 0 Å². The lowest BCUT2D eigenvalue weighted by Gasteiger charge is -2.35. The Morgan fingerprint density at radius 3 is 2.45 bits per heavy atom. The van der Waals surface area contributed by atoms with E-state index in [0.29, 0.717) is 12.5 Å². The summed E-state index contributed by atoms with van der Waals surface area (Å²) in [5.41, 5.74) is 3.55. The summed E-state index contributed by atoms with van der Waals surface area (Å²) in [7, 11) is 0. The molecule has 0 saturated carbocycles. The molecule has 1 aliphatic heterocycles. The van der Waals surface area contributed by atoms with E-state index in [0.717, 1.165) is 30.9 Å². The van der Waals surface area contributed by atoms with Gasteiger partial charge in [-0.1, -0.05) is 62.4 Å². The SMILES string of the molecule is CC(C)C(c1nnnn1Cc1ccccc1)N1CC=C(c2ccc(F)cc2)CC1. The van der Waals surface area contributed by atoms with Crippen LogP contribution >= 0.6 is 0 Å². The molecule has 0 bridgehead atoms. The van der Waals surface area contributed by atoms with Gasteiger partial charge in [-0.15, -0.1) is 5.10 Å². The van der Waals surface area contributed by atoms with Gasteiger partial charge in [0, 0.05) is 13.1 Å². The molecule has 2 heterocycles. The summed E-state index contributed by atoms with van der Waals surface area (Å²) in [6, 6.07) is 17.2. The van der Waals surface area contributed by atoms with Crippen molar-refractivity contribution in [3.05, 3.63) is 83.4 Å². The maximum atomic E-state index is 13.2. The minimum Gasteiger partial charge on any atom is -0.289 e. The molecule has 0 N–H and O–H groups in total. The second kappa shape index (κ2) is 8.66. The van der Waals surface area contributed by atoms with Gasteiger partial charge in [0.2, 0.25) is 0 Å². The maximum Gasteiger partial charge on any atom is 0.169 e. The number of tetrazole rings is 1. The zero-order valence-corrected chi connectivity index (χ0v) is 16.9. The molecule has 6 heteroatoms. The third kappa shape index (κ3) is 4.43. The molecule has 0 aliphatic carbocycles. The highest BCUT2D eigenvalue weighted by Gasteiger charge is 2.30. The molecule has 1 aliphatic rings. The van der Waals surface area contributed by atoms with E-state index in [-0.39, 0.29) is 11.9 Å². The van der Waals surface area contributed by atoms with Crippen LogP contribution in [0.5, 0.6) is 0 Å². The molecule has 29 heavy (non-hydrogen) atoms. The average molecular weight is 391 g/mol. The molecular formula is C23H26FN5. The predicted octanol–water partition coefficient (Wildman–Crippen LogP) is 4.35. The fourth-order valence-electron chi connectivity index (χ4n) is 4.04. The lowest BCUT2D eigenvalue weighted by molar-refractivity contribution is 0.158. The molecule has 0 saturated heterocycles. The molecule has 1 aromatic heterocycles. The van der Waals surface area contributed by atoms with Crippen LogP contribution in [-0.2, 0) is 6.54 Å². The first-order chi connectivity index (χ1) is 14.1. The van der Waals surface area contributed by atoms with Gasteiger partial charge in [-0.05, 0) is 51.6 Å². The Hall–Kier alpha value is -2.86. The zero-order chi connectivity index (χ0) is 20.2. The van der Waals surface area contributed by atoms with Gasteiger partial charge >= 0.3 is 0 Å². The Morgan fingerprint density at radius 2 is 1.79 bits per heavy atom. The van der Waals surface area contributed by atoms with E-state index in [2.05, 4.69) is 52.5 Å². The van der Waals surface area contributed by atoms with E-state index in [4.69, 9.17) is 0 Å². The molecule has 4 rings (SSSR count). The summed E-state index contributed by atoms with van der Waals surface area (Å²) in [6.45, 7) is 6.84. The predicted molar refractivity (Wildman–Crippen MR) is 112 cm³/mol. The fourth-order valence-corrected chi connectivity index (χ4v) is 4.04. The molecule has 0 fully saturated rings. The van der Waals surface area contributed by atoms with Gasteiger partial charge in [-0.25, -0.2) is 9.07 Å². The normalized spacial score (nSPS) is 16.1. The molecule has 3 aromatic rings. The monoisotopic (exact) mass is 391 g/mol. The summed E-state index contributed by atoms with van der Waals surface area (Å²) in [5.74, 6) is 1.08. The third-order valence-corrected chi connectivity index (χ3v) is 5.48. The number of nitrogens with zero attached hydrogens (tertiary/aromatic N) is 5. The van der Waals surface area contributed by atoms with Crippen LogP contribution in [-0.4, -0.2) is 38.2 Å². The topological polar surface area (TPSA) is 46.8 Å². The quantitative estimate of drug-likeness (QED) is 0.627. The van der Waals surface area contributed by atoms with E-state index in [9.17, 15) is 4.39 Å². The van der Waals surface area contributed by atoms with Crippen LogP contribution in [0.2, 0.25) is 0 Å². The van der Waals surface area contributed by atoms with E-state index < -0.39 is 0 Å². The maximum absolute atomic E-state index is 13.2. The number of hydrogen-bond acceptors (Lipinski definition) is 4. The number of rotatable bonds is 6. The van der Waals surface area contributed by atoms with E-state index in [1.165, 1.54) is 23.3 Å². The standard InChI is InChI=1S/C23H26FN5/c1-17(2)22(23-25-26-27-29(23)16-18-6-4-3-5-7-18)28-14-12-20(13-15-28)19-8-10-21(24)11-9-19/h3-12,17,22H,13-16H2,1-2H3. The highest BCUT2D eigenvalue weighted by molar-refractivity contribution is 5.66. The summed E-state index contributed by atoms with van der Waals surface area (Å²) in [5, 5.41) is 12.6.